The van der Waals surface area contributed by atoms with Crippen molar-refractivity contribution in [1.82, 2.24) is 5.32 Å². The summed E-state index contributed by atoms with van der Waals surface area (Å²) >= 11 is 7.85. The van der Waals surface area contributed by atoms with Gasteiger partial charge in [-0.15, -0.1) is 11.8 Å². The number of fused-ring (bicyclic) bond motifs is 1. The fourth-order valence-corrected chi connectivity index (χ4v) is 3.29. The summed E-state index contributed by atoms with van der Waals surface area (Å²) in [5, 5.41) is 3.76. The van der Waals surface area contributed by atoms with Crippen molar-refractivity contribution in [3.8, 4) is 0 Å². The highest BCUT2D eigenvalue weighted by atomic mass is 35.5. The van der Waals surface area contributed by atoms with Gasteiger partial charge in [0.25, 0.3) is 0 Å². The van der Waals surface area contributed by atoms with Crippen LogP contribution in [0.1, 0.15) is 38.3 Å². The van der Waals surface area contributed by atoms with Crippen LogP contribution in [0.5, 0.6) is 0 Å². The van der Waals surface area contributed by atoms with Crippen LogP contribution in [0, 0.1) is 0 Å². The van der Waals surface area contributed by atoms with Gasteiger partial charge in [0.2, 0.25) is 5.91 Å². The molecular formula is C14H19ClN2OS. The van der Waals surface area contributed by atoms with Crippen molar-refractivity contribution < 1.29 is 4.79 Å². The molecule has 0 saturated carbocycles. The van der Waals surface area contributed by atoms with Crippen molar-refractivity contribution in [1.29, 1.82) is 0 Å². The molecular weight excluding hydrogens is 280 g/mol. The topological polar surface area (TPSA) is 55.1 Å². The standard InChI is InChI=1S/C14H19ClN2OS/c1-3-14(2,16)13(18)17-11-6-7-19-12-5-4-9(15)8-10(11)12/h4-5,8,11H,3,6-7,16H2,1-2H3,(H,17,18). The maximum Gasteiger partial charge on any atom is 0.240 e. The minimum atomic E-state index is -0.816. The second kappa shape index (κ2) is 5.73. The van der Waals surface area contributed by atoms with Crippen LogP contribution in [-0.2, 0) is 4.79 Å². The SMILES string of the molecule is CCC(C)(N)C(=O)NC1CCSc2ccc(Cl)cc21. The van der Waals surface area contributed by atoms with Gasteiger partial charge in [-0.05, 0) is 43.5 Å². The number of nitrogens with one attached hydrogen (secondary N) is 1. The van der Waals surface area contributed by atoms with E-state index in [0.29, 0.717) is 11.4 Å². The van der Waals surface area contributed by atoms with Crippen LogP contribution in [0.25, 0.3) is 0 Å². The number of amides is 1. The van der Waals surface area contributed by atoms with E-state index in [1.165, 1.54) is 4.90 Å². The molecule has 2 unspecified atom stereocenters. The number of nitrogens with two attached hydrogens (primary N) is 1. The quantitative estimate of drug-likeness (QED) is 0.901. The van der Waals surface area contributed by atoms with E-state index in [1.54, 1.807) is 18.7 Å². The summed E-state index contributed by atoms with van der Waals surface area (Å²) < 4.78 is 0. The Morgan fingerprint density at radius 3 is 3.05 bits per heavy atom. The zero-order valence-electron chi connectivity index (χ0n) is 11.2. The number of benzene rings is 1. The summed E-state index contributed by atoms with van der Waals surface area (Å²) in [6, 6.07) is 5.85. The molecule has 1 aliphatic rings. The van der Waals surface area contributed by atoms with Gasteiger partial charge in [0.1, 0.15) is 0 Å². The minimum absolute atomic E-state index is 0.0110. The van der Waals surface area contributed by atoms with Gasteiger partial charge in [-0.2, -0.15) is 0 Å². The number of hydrogen-bond donors (Lipinski definition) is 2. The number of thioether (sulfide) groups is 1. The fourth-order valence-electron chi connectivity index (χ4n) is 2.00. The van der Waals surface area contributed by atoms with Crippen LogP contribution in [0.3, 0.4) is 0 Å². The van der Waals surface area contributed by atoms with Crippen molar-refractivity contribution in [3.63, 3.8) is 0 Å². The zero-order chi connectivity index (χ0) is 14.0. The van der Waals surface area contributed by atoms with Crippen molar-refractivity contribution in [2.24, 2.45) is 5.73 Å². The van der Waals surface area contributed by atoms with Gasteiger partial charge in [0, 0.05) is 15.7 Å². The number of rotatable bonds is 3. The summed E-state index contributed by atoms with van der Waals surface area (Å²) in [6.45, 7) is 3.68. The van der Waals surface area contributed by atoms with Crippen molar-refractivity contribution in [2.45, 2.75) is 43.2 Å². The van der Waals surface area contributed by atoms with E-state index in [0.717, 1.165) is 17.7 Å². The van der Waals surface area contributed by atoms with Crippen LogP contribution in [0.2, 0.25) is 5.02 Å². The molecule has 5 heteroatoms. The fraction of sp³-hybridized carbons (Fsp3) is 0.500. The number of halogens is 1. The monoisotopic (exact) mass is 298 g/mol. The lowest BCUT2D eigenvalue weighted by molar-refractivity contribution is -0.126. The molecule has 19 heavy (non-hydrogen) atoms. The second-order valence-electron chi connectivity index (χ2n) is 5.12. The Bertz CT molecular complexity index is 490. The van der Waals surface area contributed by atoms with Crippen LogP contribution >= 0.6 is 23.4 Å². The highest BCUT2D eigenvalue weighted by Crippen LogP contribution is 2.37. The second-order valence-corrected chi connectivity index (χ2v) is 6.69. The molecule has 0 saturated heterocycles. The van der Waals surface area contributed by atoms with E-state index in [4.69, 9.17) is 17.3 Å². The summed E-state index contributed by atoms with van der Waals surface area (Å²) in [5.74, 6) is 0.894. The molecule has 2 rings (SSSR count). The first kappa shape index (κ1) is 14.7. The van der Waals surface area contributed by atoms with E-state index in [1.807, 2.05) is 25.1 Å². The maximum absolute atomic E-state index is 12.2. The van der Waals surface area contributed by atoms with E-state index in [2.05, 4.69) is 5.32 Å². The Morgan fingerprint density at radius 1 is 1.63 bits per heavy atom. The highest BCUT2D eigenvalue weighted by Gasteiger charge is 2.30. The Morgan fingerprint density at radius 2 is 2.37 bits per heavy atom. The number of hydrogen-bond acceptors (Lipinski definition) is 3. The predicted molar refractivity (Wildman–Crippen MR) is 80.6 cm³/mol. The lowest BCUT2D eigenvalue weighted by Crippen LogP contribution is -2.52. The van der Waals surface area contributed by atoms with Gasteiger partial charge < -0.3 is 11.1 Å². The molecule has 3 nitrogen and oxygen atoms in total. The van der Waals surface area contributed by atoms with Crippen molar-refractivity contribution in [2.75, 3.05) is 5.75 Å². The average Bonchev–Trinajstić information content (AvgIpc) is 2.39. The molecule has 0 radical (unpaired) electrons. The third-order valence-electron chi connectivity index (χ3n) is 3.57. The van der Waals surface area contributed by atoms with Crippen LogP contribution in [0.4, 0.5) is 0 Å². The molecule has 0 aromatic heterocycles. The molecule has 1 aliphatic heterocycles. The van der Waals surface area contributed by atoms with Crippen molar-refractivity contribution >= 4 is 29.3 Å². The van der Waals surface area contributed by atoms with Crippen LogP contribution in [-0.4, -0.2) is 17.2 Å². The van der Waals surface area contributed by atoms with E-state index in [-0.39, 0.29) is 11.9 Å². The molecule has 0 fully saturated rings. The highest BCUT2D eigenvalue weighted by molar-refractivity contribution is 7.99. The number of carbonyl (C=O) groups is 1. The molecule has 1 aromatic rings. The molecule has 3 N–H and O–H groups in total. The summed E-state index contributed by atoms with van der Waals surface area (Å²) in [5.41, 5.74) is 6.27. The summed E-state index contributed by atoms with van der Waals surface area (Å²) in [4.78, 5) is 13.4. The average molecular weight is 299 g/mol. The molecule has 0 aliphatic carbocycles. The largest absolute Gasteiger partial charge is 0.348 e. The molecule has 0 bridgehead atoms. The normalized spacial score (nSPS) is 21.4. The van der Waals surface area contributed by atoms with Gasteiger partial charge in [-0.3, -0.25) is 4.79 Å². The van der Waals surface area contributed by atoms with Crippen LogP contribution < -0.4 is 11.1 Å². The summed E-state index contributed by atoms with van der Waals surface area (Å²) in [7, 11) is 0. The van der Waals surface area contributed by atoms with Gasteiger partial charge in [-0.1, -0.05) is 18.5 Å². The first-order valence-electron chi connectivity index (χ1n) is 6.46. The molecule has 104 valence electrons. The Kier molecular flexibility index (Phi) is 4.43. The minimum Gasteiger partial charge on any atom is -0.348 e. The third-order valence-corrected chi connectivity index (χ3v) is 4.93. The summed E-state index contributed by atoms with van der Waals surface area (Å²) in [6.07, 6.45) is 1.52. The Balaban J connectivity index is 2.20. The lowest BCUT2D eigenvalue weighted by Gasteiger charge is -2.30. The number of carbonyl (C=O) groups excluding carboxylic acids is 1. The maximum atomic E-state index is 12.2. The molecule has 1 heterocycles. The van der Waals surface area contributed by atoms with E-state index in [9.17, 15) is 4.79 Å². The lowest BCUT2D eigenvalue weighted by atomic mass is 9.97. The van der Waals surface area contributed by atoms with Gasteiger partial charge in [0.15, 0.2) is 0 Å². The van der Waals surface area contributed by atoms with Gasteiger partial charge >= 0.3 is 0 Å². The first-order chi connectivity index (χ1) is 8.94. The Hall–Kier alpha value is -0.710. The first-order valence-corrected chi connectivity index (χ1v) is 7.82. The zero-order valence-corrected chi connectivity index (χ0v) is 12.8. The van der Waals surface area contributed by atoms with E-state index < -0.39 is 5.54 Å². The molecule has 1 aromatic carbocycles. The third kappa shape index (κ3) is 3.25. The van der Waals surface area contributed by atoms with Gasteiger partial charge in [0.05, 0.1) is 11.6 Å². The van der Waals surface area contributed by atoms with Gasteiger partial charge in [-0.25, -0.2) is 0 Å². The van der Waals surface area contributed by atoms with Crippen LogP contribution in [0.15, 0.2) is 23.1 Å². The Labute approximate surface area is 123 Å². The molecule has 1 amide bonds. The molecule has 2 atom stereocenters. The molecule has 0 spiro atoms. The van der Waals surface area contributed by atoms with E-state index >= 15 is 0 Å². The predicted octanol–water partition coefficient (Wildman–Crippen LogP) is 3.12. The smallest absolute Gasteiger partial charge is 0.240 e. The van der Waals surface area contributed by atoms with Crippen molar-refractivity contribution in [3.05, 3.63) is 28.8 Å².